The number of rotatable bonds is 8. The molecular formula is C13H23NO4. The van der Waals surface area contributed by atoms with Crippen LogP contribution >= 0.6 is 0 Å². The van der Waals surface area contributed by atoms with E-state index in [2.05, 4.69) is 5.32 Å². The highest BCUT2D eigenvalue weighted by Crippen LogP contribution is 2.27. The van der Waals surface area contributed by atoms with Crippen LogP contribution in [0.4, 0.5) is 0 Å². The first-order valence-electron chi connectivity index (χ1n) is 6.64. The van der Waals surface area contributed by atoms with E-state index in [0.29, 0.717) is 31.7 Å². The molecule has 1 rings (SSSR count). The molecule has 5 nitrogen and oxygen atoms in total. The molecule has 0 aromatic heterocycles. The molecule has 2 unspecified atom stereocenters. The Bertz CT molecular complexity index is 280. The van der Waals surface area contributed by atoms with Gasteiger partial charge in [-0.1, -0.05) is 6.42 Å². The van der Waals surface area contributed by atoms with E-state index >= 15 is 0 Å². The number of carbonyl (C=O) groups is 2. The number of methoxy groups -OCH3 is 1. The van der Waals surface area contributed by atoms with E-state index in [4.69, 9.17) is 9.84 Å². The molecule has 2 atom stereocenters. The minimum Gasteiger partial charge on any atom is -0.481 e. The Hall–Kier alpha value is -1.10. The zero-order valence-electron chi connectivity index (χ0n) is 11.0. The highest BCUT2D eigenvalue weighted by Gasteiger charge is 2.27. The highest BCUT2D eigenvalue weighted by molar-refractivity contribution is 5.75. The molecule has 0 aromatic carbocycles. The van der Waals surface area contributed by atoms with Crippen molar-refractivity contribution in [3.63, 3.8) is 0 Å². The maximum Gasteiger partial charge on any atom is 0.303 e. The predicted octanol–water partition coefficient (Wildman–Crippen LogP) is 1.56. The van der Waals surface area contributed by atoms with E-state index in [1.54, 1.807) is 7.11 Å². The fraction of sp³-hybridized carbons (Fsp3) is 0.846. The van der Waals surface area contributed by atoms with E-state index in [1.807, 2.05) is 0 Å². The lowest BCUT2D eigenvalue weighted by Crippen LogP contribution is -2.33. The van der Waals surface area contributed by atoms with Gasteiger partial charge in [-0.15, -0.1) is 0 Å². The SMILES string of the molecule is COC1CCCC1CNC(=O)CCCCC(=O)O. The summed E-state index contributed by atoms with van der Waals surface area (Å²) in [7, 11) is 1.72. The minimum absolute atomic E-state index is 0.0159. The van der Waals surface area contributed by atoms with Crippen molar-refractivity contribution in [3.8, 4) is 0 Å². The molecule has 1 aliphatic carbocycles. The monoisotopic (exact) mass is 257 g/mol. The first-order chi connectivity index (χ1) is 8.63. The van der Waals surface area contributed by atoms with Crippen LogP contribution in [0.15, 0.2) is 0 Å². The van der Waals surface area contributed by atoms with Gasteiger partial charge in [0.2, 0.25) is 5.91 Å². The molecule has 0 heterocycles. The Morgan fingerprint density at radius 3 is 2.67 bits per heavy atom. The molecule has 1 aliphatic rings. The molecule has 18 heavy (non-hydrogen) atoms. The summed E-state index contributed by atoms with van der Waals surface area (Å²) in [6, 6.07) is 0. The lowest BCUT2D eigenvalue weighted by molar-refractivity contribution is -0.137. The van der Waals surface area contributed by atoms with Crippen LogP contribution in [0.2, 0.25) is 0 Å². The van der Waals surface area contributed by atoms with Crippen LogP contribution < -0.4 is 5.32 Å². The number of unbranched alkanes of at least 4 members (excludes halogenated alkanes) is 1. The molecule has 0 aromatic rings. The summed E-state index contributed by atoms with van der Waals surface area (Å²) in [6.07, 6.45) is 5.38. The second-order valence-electron chi connectivity index (χ2n) is 4.87. The fourth-order valence-corrected chi connectivity index (χ4v) is 2.44. The number of hydrogen-bond acceptors (Lipinski definition) is 3. The largest absolute Gasteiger partial charge is 0.481 e. The molecule has 1 fully saturated rings. The smallest absolute Gasteiger partial charge is 0.303 e. The predicted molar refractivity (Wildman–Crippen MR) is 67.3 cm³/mol. The second kappa shape index (κ2) is 8.08. The first kappa shape index (κ1) is 15.0. The number of amides is 1. The molecule has 5 heteroatoms. The molecule has 0 radical (unpaired) electrons. The average molecular weight is 257 g/mol. The van der Waals surface area contributed by atoms with Crippen molar-refractivity contribution < 1.29 is 19.4 Å². The summed E-state index contributed by atoms with van der Waals surface area (Å²) < 4.78 is 5.36. The van der Waals surface area contributed by atoms with Crippen LogP contribution in [0, 0.1) is 5.92 Å². The van der Waals surface area contributed by atoms with Gasteiger partial charge in [0.25, 0.3) is 0 Å². The van der Waals surface area contributed by atoms with Gasteiger partial charge in [0, 0.05) is 32.4 Å². The maximum absolute atomic E-state index is 11.5. The lowest BCUT2D eigenvalue weighted by Gasteiger charge is -2.18. The van der Waals surface area contributed by atoms with Gasteiger partial charge in [0.1, 0.15) is 0 Å². The van der Waals surface area contributed by atoms with Gasteiger partial charge in [0.15, 0.2) is 0 Å². The van der Waals surface area contributed by atoms with Crippen LogP contribution in [-0.4, -0.2) is 36.7 Å². The number of carboxylic acid groups (broad SMARTS) is 1. The highest BCUT2D eigenvalue weighted by atomic mass is 16.5. The number of aliphatic carboxylic acids is 1. The summed E-state index contributed by atoms with van der Waals surface area (Å²) >= 11 is 0. The van der Waals surface area contributed by atoms with Gasteiger partial charge in [-0.3, -0.25) is 9.59 Å². The van der Waals surface area contributed by atoms with E-state index < -0.39 is 5.97 Å². The van der Waals surface area contributed by atoms with Gasteiger partial charge < -0.3 is 15.2 Å². The third-order valence-corrected chi connectivity index (χ3v) is 3.50. The molecule has 1 saturated carbocycles. The summed E-state index contributed by atoms with van der Waals surface area (Å²) in [4.78, 5) is 21.8. The number of nitrogens with one attached hydrogen (secondary N) is 1. The Morgan fingerprint density at radius 1 is 1.28 bits per heavy atom. The maximum atomic E-state index is 11.5. The van der Waals surface area contributed by atoms with E-state index in [0.717, 1.165) is 19.3 Å². The second-order valence-corrected chi connectivity index (χ2v) is 4.87. The molecule has 104 valence electrons. The van der Waals surface area contributed by atoms with Crippen molar-refractivity contribution in [2.24, 2.45) is 5.92 Å². The Labute approximate surface area is 108 Å². The van der Waals surface area contributed by atoms with Crippen LogP contribution in [0.1, 0.15) is 44.9 Å². The summed E-state index contributed by atoms with van der Waals surface area (Å²) in [5, 5.41) is 11.4. The molecule has 0 bridgehead atoms. The molecule has 0 aliphatic heterocycles. The van der Waals surface area contributed by atoms with Gasteiger partial charge in [-0.05, 0) is 25.7 Å². The van der Waals surface area contributed by atoms with E-state index in [-0.39, 0.29) is 18.4 Å². The first-order valence-corrected chi connectivity index (χ1v) is 6.64. The standard InChI is InChI=1S/C13H23NO4/c1-18-11-6-4-5-10(11)9-14-12(15)7-2-3-8-13(16)17/h10-11H,2-9H2,1H3,(H,14,15)(H,16,17). The van der Waals surface area contributed by atoms with Crippen LogP contribution in [0.25, 0.3) is 0 Å². The van der Waals surface area contributed by atoms with E-state index in [9.17, 15) is 9.59 Å². The third kappa shape index (κ3) is 5.49. The molecular weight excluding hydrogens is 234 g/mol. The molecule has 0 saturated heterocycles. The van der Waals surface area contributed by atoms with Gasteiger partial charge in [-0.2, -0.15) is 0 Å². The number of ether oxygens (including phenoxy) is 1. The Kier molecular flexibility index (Phi) is 6.72. The van der Waals surface area contributed by atoms with Gasteiger partial charge in [-0.25, -0.2) is 0 Å². The number of carbonyl (C=O) groups excluding carboxylic acids is 1. The summed E-state index contributed by atoms with van der Waals surface area (Å²) in [5.74, 6) is -0.357. The lowest BCUT2D eigenvalue weighted by atomic mass is 10.1. The summed E-state index contributed by atoms with van der Waals surface area (Å²) in [5.41, 5.74) is 0. The van der Waals surface area contributed by atoms with E-state index in [1.165, 1.54) is 0 Å². The molecule has 1 amide bonds. The minimum atomic E-state index is -0.802. The van der Waals surface area contributed by atoms with Crippen molar-refractivity contribution in [2.75, 3.05) is 13.7 Å². The Balaban J connectivity index is 2.07. The molecule has 0 spiro atoms. The zero-order chi connectivity index (χ0) is 13.4. The van der Waals surface area contributed by atoms with Gasteiger partial charge in [0.05, 0.1) is 6.10 Å². The molecule has 2 N–H and O–H groups in total. The van der Waals surface area contributed by atoms with Crippen molar-refractivity contribution >= 4 is 11.9 Å². The zero-order valence-corrected chi connectivity index (χ0v) is 11.0. The summed E-state index contributed by atoms with van der Waals surface area (Å²) in [6.45, 7) is 0.677. The average Bonchev–Trinajstić information content (AvgIpc) is 2.79. The quantitative estimate of drug-likeness (QED) is 0.647. The van der Waals surface area contributed by atoms with Crippen molar-refractivity contribution in [1.82, 2.24) is 5.32 Å². The fourth-order valence-electron chi connectivity index (χ4n) is 2.44. The van der Waals surface area contributed by atoms with Gasteiger partial charge >= 0.3 is 5.97 Å². The third-order valence-electron chi connectivity index (χ3n) is 3.50. The number of carboxylic acids is 1. The normalized spacial score (nSPS) is 22.9. The van der Waals surface area contributed by atoms with Crippen molar-refractivity contribution in [3.05, 3.63) is 0 Å². The van der Waals surface area contributed by atoms with Crippen LogP contribution in [0.5, 0.6) is 0 Å². The van der Waals surface area contributed by atoms with Crippen LogP contribution in [0.3, 0.4) is 0 Å². The number of hydrogen-bond donors (Lipinski definition) is 2. The Morgan fingerprint density at radius 2 is 2.00 bits per heavy atom. The topological polar surface area (TPSA) is 75.6 Å². The van der Waals surface area contributed by atoms with Crippen molar-refractivity contribution in [2.45, 2.75) is 51.0 Å². The van der Waals surface area contributed by atoms with Crippen molar-refractivity contribution in [1.29, 1.82) is 0 Å². The van der Waals surface area contributed by atoms with Crippen LogP contribution in [-0.2, 0) is 14.3 Å².